The first-order valence-corrected chi connectivity index (χ1v) is 8.64. The summed E-state index contributed by atoms with van der Waals surface area (Å²) in [6.07, 6.45) is 0. The fraction of sp³-hybridized carbons (Fsp3) is 0.136. The van der Waals surface area contributed by atoms with Crippen molar-refractivity contribution >= 4 is 5.91 Å². The highest BCUT2D eigenvalue weighted by molar-refractivity contribution is 5.95. The van der Waals surface area contributed by atoms with Gasteiger partial charge in [-0.3, -0.25) is 4.79 Å². The van der Waals surface area contributed by atoms with Gasteiger partial charge in [0.2, 0.25) is 6.79 Å². The second-order valence-electron chi connectivity index (χ2n) is 6.16. The summed E-state index contributed by atoms with van der Waals surface area (Å²) < 4.78 is 15.9. The fourth-order valence-corrected chi connectivity index (χ4v) is 3.05. The largest absolute Gasteiger partial charge is 0.497 e. The van der Waals surface area contributed by atoms with Crippen molar-refractivity contribution < 1.29 is 19.0 Å². The number of amides is 1. The van der Waals surface area contributed by atoms with E-state index in [4.69, 9.17) is 14.2 Å². The Labute approximate surface area is 157 Å². The second-order valence-corrected chi connectivity index (χ2v) is 6.16. The lowest BCUT2D eigenvalue weighted by Gasteiger charge is -2.20. The van der Waals surface area contributed by atoms with Gasteiger partial charge >= 0.3 is 0 Å². The molecular formula is C22H19NO4. The van der Waals surface area contributed by atoms with Gasteiger partial charge in [0.1, 0.15) is 5.75 Å². The maximum absolute atomic E-state index is 12.9. The number of methoxy groups -OCH3 is 1. The molecule has 27 heavy (non-hydrogen) atoms. The van der Waals surface area contributed by atoms with Crippen molar-refractivity contribution in [2.75, 3.05) is 13.9 Å². The zero-order valence-corrected chi connectivity index (χ0v) is 14.8. The molecule has 5 nitrogen and oxygen atoms in total. The molecule has 0 saturated carbocycles. The van der Waals surface area contributed by atoms with Crippen molar-refractivity contribution in [2.45, 2.75) is 6.04 Å². The molecule has 1 amide bonds. The normalized spacial score (nSPS) is 13.1. The maximum Gasteiger partial charge on any atom is 0.252 e. The molecule has 3 aromatic carbocycles. The Hall–Kier alpha value is -3.47. The maximum atomic E-state index is 12.9. The fourth-order valence-electron chi connectivity index (χ4n) is 3.05. The molecule has 1 atom stereocenters. The summed E-state index contributed by atoms with van der Waals surface area (Å²) in [4.78, 5) is 12.9. The number of ether oxygens (including phenoxy) is 3. The SMILES string of the molecule is COc1ccc(C(NC(=O)c2ccc3c(c2)OCO3)c2ccccc2)cc1. The molecule has 0 fully saturated rings. The van der Waals surface area contributed by atoms with Crippen LogP contribution in [0.3, 0.4) is 0 Å². The van der Waals surface area contributed by atoms with E-state index in [1.807, 2.05) is 54.6 Å². The minimum Gasteiger partial charge on any atom is -0.497 e. The van der Waals surface area contributed by atoms with E-state index in [1.54, 1.807) is 25.3 Å². The lowest BCUT2D eigenvalue weighted by Crippen LogP contribution is -2.29. The molecule has 0 spiro atoms. The summed E-state index contributed by atoms with van der Waals surface area (Å²) in [6.45, 7) is 0.179. The molecule has 5 heteroatoms. The molecule has 1 aliphatic rings. The van der Waals surface area contributed by atoms with Crippen molar-refractivity contribution in [3.63, 3.8) is 0 Å². The van der Waals surface area contributed by atoms with Crippen molar-refractivity contribution in [1.82, 2.24) is 5.32 Å². The average Bonchev–Trinajstić information content (AvgIpc) is 3.20. The van der Waals surface area contributed by atoms with Crippen molar-refractivity contribution in [3.8, 4) is 17.2 Å². The molecule has 3 aromatic rings. The lowest BCUT2D eigenvalue weighted by molar-refractivity contribution is 0.0942. The van der Waals surface area contributed by atoms with Crippen LogP contribution in [-0.2, 0) is 0 Å². The molecule has 1 heterocycles. The second kappa shape index (κ2) is 7.41. The summed E-state index contributed by atoms with van der Waals surface area (Å²) >= 11 is 0. The molecule has 0 aromatic heterocycles. The van der Waals surface area contributed by atoms with Crippen LogP contribution in [0.4, 0.5) is 0 Å². The summed E-state index contributed by atoms with van der Waals surface area (Å²) in [7, 11) is 1.63. The van der Waals surface area contributed by atoms with Gasteiger partial charge in [-0.15, -0.1) is 0 Å². The molecule has 0 bridgehead atoms. The standard InChI is InChI=1S/C22H19NO4/c1-25-18-10-7-16(8-11-18)21(15-5-3-2-4-6-15)23-22(24)17-9-12-19-20(13-17)27-14-26-19/h2-13,21H,14H2,1H3,(H,23,24). The van der Waals surface area contributed by atoms with Crippen LogP contribution in [0.2, 0.25) is 0 Å². The third-order valence-corrected chi connectivity index (χ3v) is 4.49. The molecule has 0 radical (unpaired) electrons. The van der Waals surface area contributed by atoms with Gasteiger partial charge in [0.05, 0.1) is 13.2 Å². The van der Waals surface area contributed by atoms with Gasteiger partial charge in [0.15, 0.2) is 11.5 Å². The Bertz CT molecular complexity index is 938. The molecule has 1 aliphatic heterocycles. The van der Waals surface area contributed by atoms with Crippen LogP contribution < -0.4 is 19.5 Å². The van der Waals surface area contributed by atoms with Gasteiger partial charge in [-0.1, -0.05) is 42.5 Å². The number of benzene rings is 3. The van der Waals surface area contributed by atoms with Crippen molar-refractivity contribution in [3.05, 3.63) is 89.5 Å². The van der Waals surface area contributed by atoms with Gasteiger partial charge < -0.3 is 19.5 Å². The number of nitrogens with one attached hydrogen (secondary N) is 1. The van der Waals surface area contributed by atoms with Crippen LogP contribution >= 0.6 is 0 Å². The van der Waals surface area contributed by atoms with Crippen LogP contribution in [0.5, 0.6) is 17.2 Å². The van der Waals surface area contributed by atoms with Crippen molar-refractivity contribution in [1.29, 1.82) is 0 Å². The van der Waals surface area contributed by atoms with Gasteiger partial charge in [-0.05, 0) is 41.5 Å². The molecule has 1 unspecified atom stereocenters. The molecule has 0 aliphatic carbocycles. The Morgan fingerprint density at radius 1 is 0.926 bits per heavy atom. The third-order valence-electron chi connectivity index (χ3n) is 4.49. The average molecular weight is 361 g/mol. The number of rotatable bonds is 5. The third kappa shape index (κ3) is 3.58. The number of carbonyl (C=O) groups excluding carboxylic acids is 1. The first-order chi connectivity index (χ1) is 13.2. The van der Waals surface area contributed by atoms with Crippen LogP contribution in [0, 0.1) is 0 Å². The smallest absolute Gasteiger partial charge is 0.252 e. The minimum atomic E-state index is -0.282. The van der Waals surface area contributed by atoms with E-state index in [2.05, 4.69) is 5.32 Å². The van der Waals surface area contributed by atoms with Gasteiger partial charge in [0, 0.05) is 5.56 Å². The zero-order chi connectivity index (χ0) is 18.6. The van der Waals surface area contributed by atoms with Gasteiger partial charge in [0.25, 0.3) is 5.91 Å². The quantitative estimate of drug-likeness (QED) is 0.748. The Balaban J connectivity index is 1.63. The summed E-state index contributed by atoms with van der Waals surface area (Å²) in [5.74, 6) is 1.83. The topological polar surface area (TPSA) is 56.8 Å². The molecule has 0 saturated heterocycles. The number of carbonyl (C=O) groups is 1. The van der Waals surface area contributed by atoms with E-state index >= 15 is 0 Å². The van der Waals surface area contributed by atoms with E-state index in [0.29, 0.717) is 17.1 Å². The minimum absolute atomic E-state index is 0.179. The lowest BCUT2D eigenvalue weighted by atomic mass is 9.98. The first kappa shape index (κ1) is 17.0. The van der Waals surface area contributed by atoms with Crippen LogP contribution in [-0.4, -0.2) is 19.8 Å². The van der Waals surface area contributed by atoms with E-state index in [1.165, 1.54) is 0 Å². The first-order valence-electron chi connectivity index (χ1n) is 8.64. The predicted octanol–water partition coefficient (Wildman–Crippen LogP) is 3.94. The van der Waals surface area contributed by atoms with E-state index < -0.39 is 0 Å². The van der Waals surface area contributed by atoms with E-state index in [9.17, 15) is 4.79 Å². The molecule has 136 valence electrons. The number of hydrogen-bond acceptors (Lipinski definition) is 4. The number of fused-ring (bicyclic) bond motifs is 1. The monoisotopic (exact) mass is 361 g/mol. The highest BCUT2D eigenvalue weighted by Gasteiger charge is 2.20. The summed E-state index contributed by atoms with van der Waals surface area (Å²) in [6, 6.07) is 22.4. The van der Waals surface area contributed by atoms with E-state index in [-0.39, 0.29) is 18.7 Å². The van der Waals surface area contributed by atoms with Crippen molar-refractivity contribution in [2.24, 2.45) is 0 Å². The Kier molecular flexibility index (Phi) is 4.66. The molecular weight excluding hydrogens is 342 g/mol. The Morgan fingerprint density at radius 2 is 1.63 bits per heavy atom. The van der Waals surface area contributed by atoms with Crippen LogP contribution in [0.25, 0.3) is 0 Å². The van der Waals surface area contributed by atoms with Crippen LogP contribution in [0.1, 0.15) is 27.5 Å². The molecule has 1 N–H and O–H groups in total. The highest BCUT2D eigenvalue weighted by atomic mass is 16.7. The molecule has 4 rings (SSSR count). The van der Waals surface area contributed by atoms with Crippen LogP contribution in [0.15, 0.2) is 72.8 Å². The number of hydrogen-bond donors (Lipinski definition) is 1. The predicted molar refractivity (Wildman–Crippen MR) is 101 cm³/mol. The highest BCUT2D eigenvalue weighted by Crippen LogP contribution is 2.33. The summed E-state index contributed by atoms with van der Waals surface area (Å²) in [5, 5.41) is 3.12. The summed E-state index contributed by atoms with van der Waals surface area (Å²) in [5.41, 5.74) is 2.49. The Morgan fingerprint density at radius 3 is 2.37 bits per heavy atom. The zero-order valence-electron chi connectivity index (χ0n) is 14.8. The van der Waals surface area contributed by atoms with E-state index in [0.717, 1.165) is 16.9 Å². The van der Waals surface area contributed by atoms with Gasteiger partial charge in [-0.25, -0.2) is 0 Å². The van der Waals surface area contributed by atoms with Gasteiger partial charge in [-0.2, -0.15) is 0 Å².